The van der Waals surface area contributed by atoms with Crippen molar-refractivity contribution in [3.63, 3.8) is 0 Å². The highest BCUT2D eigenvalue weighted by molar-refractivity contribution is 6.01. The first-order valence-electron chi connectivity index (χ1n) is 11.5. The average molecular weight is 454 g/mol. The number of rotatable bonds is 12. The van der Waals surface area contributed by atoms with Gasteiger partial charge in [0.25, 0.3) is 5.91 Å². The van der Waals surface area contributed by atoms with Crippen molar-refractivity contribution in [3.05, 3.63) is 41.5 Å². The van der Waals surface area contributed by atoms with Crippen molar-refractivity contribution < 1.29 is 28.9 Å². The van der Waals surface area contributed by atoms with E-state index in [9.17, 15) is 9.59 Å². The lowest BCUT2D eigenvalue weighted by Gasteiger charge is -2.22. The third kappa shape index (κ3) is 4.92. The van der Waals surface area contributed by atoms with Crippen LogP contribution in [0.25, 0.3) is 11.1 Å². The Balaban J connectivity index is 1.57. The number of unbranched alkanes of at least 4 members (excludes halogenated alkanes) is 2. The molecule has 4 rings (SSSR count). The number of carboxylic acids is 1. The van der Waals surface area contributed by atoms with Crippen molar-refractivity contribution in [2.45, 2.75) is 51.5 Å². The summed E-state index contributed by atoms with van der Waals surface area (Å²) in [5, 5.41) is 11.7. The van der Waals surface area contributed by atoms with E-state index in [0.29, 0.717) is 42.4 Å². The highest BCUT2D eigenvalue weighted by Crippen LogP contribution is 2.52. The summed E-state index contributed by atoms with van der Waals surface area (Å²) in [4.78, 5) is 22.9. The van der Waals surface area contributed by atoms with Crippen molar-refractivity contribution in [2.24, 2.45) is 5.41 Å². The Kier molecular flexibility index (Phi) is 6.77. The van der Waals surface area contributed by atoms with Gasteiger partial charge in [-0.3, -0.25) is 9.59 Å². The SMILES string of the molecule is COc1ccc(-c2cccc3c2CNC3=O)c(OCC2(CCCCCC(=O)O)CC2)c1OC. The Labute approximate surface area is 194 Å². The van der Waals surface area contributed by atoms with Gasteiger partial charge in [0.2, 0.25) is 5.75 Å². The molecule has 7 nitrogen and oxygen atoms in total. The van der Waals surface area contributed by atoms with Crippen LogP contribution in [-0.2, 0) is 11.3 Å². The first-order valence-corrected chi connectivity index (χ1v) is 11.5. The largest absolute Gasteiger partial charge is 0.493 e. The number of benzene rings is 2. The number of nitrogens with one attached hydrogen (secondary N) is 1. The van der Waals surface area contributed by atoms with Gasteiger partial charge >= 0.3 is 5.97 Å². The lowest BCUT2D eigenvalue weighted by Crippen LogP contribution is -2.14. The molecule has 1 heterocycles. The maximum atomic E-state index is 12.2. The molecule has 0 atom stereocenters. The fourth-order valence-corrected chi connectivity index (χ4v) is 4.58. The molecule has 1 amide bonds. The summed E-state index contributed by atoms with van der Waals surface area (Å²) in [5.74, 6) is 0.969. The van der Waals surface area contributed by atoms with Gasteiger partial charge in [0, 0.05) is 29.5 Å². The Morgan fingerprint density at radius 1 is 1.00 bits per heavy atom. The van der Waals surface area contributed by atoms with E-state index in [1.165, 1.54) is 0 Å². The van der Waals surface area contributed by atoms with Crippen molar-refractivity contribution in [3.8, 4) is 28.4 Å². The molecule has 0 saturated heterocycles. The van der Waals surface area contributed by atoms with E-state index in [0.717, 1.165) is 48.8 Å². The van der Waals surface area contributed by atoms with Crippen LogP contribution in [0, 0.1) is 5.41 Å². The molecule has 2 N–H and O–H groups in total. The van der Waals surface area contributed by atoms with E-state index in [-0.39, 0.29) is 17.7 Å². The molecule has 7 heteroatoms. The lowest BCUT2D eigenvalue weighted by atomic mass is 9.95. The summed E-state index contributed by atoms with van der Waals surface area (Å²) < 4.78 is 17.7. The molecule has 1 aliphatic carbocycles. The van der Waals surface area contributed by atoms with Crippen LogP contribution in [0.5, 0.6) is 17.2 Å². The topological polar surface area (TPSA) is 94.1 Å². The van der Waals surface area contributed by atoms with Gasteiger partial charge in [-0.25, -0.2) is 0 Å². The highest BCUT2D eigenvalue weighted by Gasteiger charge is 2.43. The summed E-state index contributed by atoms with van der Waals surface area (Å²) in [5.41, 5.74) is 3.59. The van der Waals surface area contributed by atoms with Crippen molar-refractivity contribution >= 4 is 11.9 Å². The molecular weight excluding hydrogens is 422 g/mol. The Hall–Kier alpha value is -3.22. The first-order chi connectivity index (χ1) is 16.0. The number of carbonyl (C=O) groups excluding carboxylic acids is 1. The number of aliphatic carboxylic acids is 1. The zero-order valence-corrected chi connectivity index (χ0v) is 19.2. The zero-order valence-electron chi connectivity index (χ0n) is 19.2. The molecule has 0 aromatic heterocycles. The predicted octanol–water partition coefficient (Wildman–Crippen LogP) is 4.81. The smallest absolute Gasteiger partial charge is 0.303 e. The molecule has 0 radical (unpaired) electrons. The number of fused-ring (bicyclic) bond motifs is 1. The van der Waals surface area contributed by atoms with E-state index in [1.54, 1.807) is 14.2 Å². The second-order valence-electron chi connectivity index (χ2n) is 8.94. The van der Waals surface area contributed by atoms with Crippen molar-refractivity contribution in [2.75, 3.05) is 20.8 Å². The number of hydrogen-bond acceptors (Lipinski definition) is 5. The van der Waals surface area contributed by atoms with Gasteiger partial charge in [0.15, 0.2) is 11.5 Å². The van der Waals surface area contributed by atoms with Gasteiger partial charge in [-0.15, -0.1) is 0 Å². The molecule has 1 aliphatic heterocycles. The quantitative estimate of drug-likeness (QED) is 0.448. The van der Waals surface area contributed by atoms with Crippen LogP contribution in [0.2, 0.25) is 0 Å². The standard InChI is InChI=1S/C26H31NO6/c1-31-21-11-10-18(17-7-6-8-19-20(17)15-27-25(19)30)23(24(21)32-2)33-16-26(13-14-26)12-5-3-4-9-22(28)29/h6-8,10-11H,3-5,9,12-16H2,1-2H3,(H,27,30)(H,28,29). The van der Waals surface area contributed by atoms with E-state index in [4.69, 9.17) is 19.3 Å². The molecule has 2 aliphatic rings. The second-order valence-corrected chi connectivity index (χ2v) is 8.94. The minimum absolute atomic E-state index is 0.0605. The molecule has 1 fully saturated rings. The minimum atomic E-state index is -0.735. The molecule has 1 saturated carbocycles. The summed E-state index contributed by atoms with van der Waals surface area (Å²) in [6.07, 6.45) is 6.09. The van der Waals surface area contributed by atoms with Crippen LogP contribution in [0.4, 0.5) is 0 Å². The van der Waals surface area contributed by atoms with Crippen LogP contribution in [0.15, 0.2) is 30.3 Å². The lowest BCUT2D eigenvalue weighted by molar-refractivity contribution is -0.137. The van der Waals surface area contributed by atoms with Gasteiger partial charge in [-0.1, -0.05) is 25.0 Å². The van der Waals surface area contributed by atoms with E-state index in [2.05, 4.69) is 5.32 Å². The number of carboxylic acid groups (broad SMARTS) is 1. The molecule has 176 valence electrons. The third-order valence-electron chi connectivity index (χ3n) is 6.71. The van der Waals surface area contributed by atoms with E-state index >= 15 is 0 Å². The predicted molar refractivity (Wildman–Crippen MR) is 124 cm³/mol. The molecule has 2 aromatic rings. The Bertz CT molecular complexity index is 1040. The highest BCUT2D eigenvalue weighted by atomic mass is 16.5. The molecule has 0 unspecified atom stereocenters. The van der Waals surface area contributed by atoms with Crippen LogP contribution in [0.3, 0.4) is 0 Å². The van der Waals surface area contributed by atoms with E-state index < -0.39 is 5.97 Å². The summed E-state index contributed by atoms with van der Waals surface area (Å²) in [7, 11) is 3.20. The maximum absolute atomic E-state index is 12.2. The monoisotopic (exact) mass is 453 g/mol. The minimum Gasteiger partial charge on any atom is -0.493 e. The Morgan fingerprint density at radius 3 is 2.48 bits per heavy atom. The van der Waals surface area contributed by atoms with Gasteiger partial charge in [0.05, 0.1) is 20.8 Å². The number of carbonyl (C=O) groups is 2. The van der Waals surface area contributed by atoms with Gasteiger partial charge in [-0.2, -0.15) is 0 Å². The fourth-order valence-electron chi connectivity index (χ4n) is 4.58. The second kappa shape index (κ2) is 9.73. The number of methoxy groups -OCH3 is 2. The molecule has 0 bridgehead atoms. The van der Waals surface area contributed by atoms with Crippen LogP contribution in [-0.4, -0.2) is 37.8 Å². The Morgan fingerprint density at radius 2 is 1.79 bits per heavy atom. The van der Waals surface area contributed by atoms with E-state index in [1.807, 2.05) is 30.3 Å². The molecule has 0 spiro atoms. The summed E-state index contributed by atoms with van der Waals surface area (Å²) >= 11 is 0. The molecular formula is C26H31NO6. The van der Waals surface area contributed by atoms with Gasteiger partial charge < -0.3 is 24.6 Å². The van der Waals surface area contributed by atoms with Crippen molar-refractivity contribution in [1.82, 2.24) is 5.32 Å². The maximum Gasteiger partial charge on any atom is 0.303 e. The molecule has 2 aromatic carbocycles. The van der Waals surface area contributed by atoms with Crippen LogP contribution in [0.1, 0.15) is 60.9 Å². The number of ether oxygens (including phenoxy) is 3. The number of amides is 1. The summed E-state index contributed by atoms with van der Waals surface area (Å²) in [6, 6.07) is 9.55. The van der Waals surface area contributed by atoms with Gasteiger partial charge in [-0.05, 0) is 55.0 Å². The molecule has 33 heavy (non-hydrogen) atoms. The average Bonchev–Trinajstić information content (AvgIpc) is 3.49. The third-order valence-corrected chi connectivity index (χ3v) is 6.71. The first kappa shape index (κ1) is 23.0. The fraction of sp³-hybridized carbons (Fsp3) is 0.462. The van der Waals surface area contributed by atoms with Crippen LogP contribution < -0.4 is 19.5 Å². The van der Waals surface area contributed by atoms with Gasteiger partial charge in [0.1, 0.15) is 0 Å². The number of hydrogen-bond donors (Lipinski definition) is 2. The summed E-state index contributed by atoms with van der Waals surface area (Å²) in [6.45, 7) is 1.05. The zero-order chi connectivity index (χ0) is 23.4. The van der Waals surface area contributed by atoms with Crippen LogP contribution >= 0.6 is 0 Å². The normalized spacial score (nSPS) is 15.5. The van der Waals surface area contributed by atoms with Crippen molar-refractivity contribution in [1.29, 1.82) is 0 Å².